The molecule has 3 aromatic rings. The number of carbonyl (C=O) groups is 2. The first kappa shape index (κ1) is 29.1. The highest BCUT2D eigenvalue weighted by Crippen LogP contribution is 2.33. The van der Waals surface area contributed by atoms with Crippen molar-refractivity contribution in [2.75, 3.05) is 48.8 Å². The second-order valence-electron chi connectivity index (χ2n) is 10.8. The Hall–Kier alpha value is -4.41. The van der Waals surface area contributed by atoms with E-state index in [9.17, 15) is 14.7 Å². The summed E-state index contributed by atoms with van der Waals surface area (Å²) in [5.41, 5.74) is 4.15. The average Bonchev–Trinajstić information content (AvgIpc) is 3.02. The number of hydrogen-bond acceptors (Lipinski definition) is 9. The maximum Gasteiger partial charge on any atom is 0.328 e. The standard InChI is InChI=1S/C31H39N7O4/c1-3-24-29(33-18-26(31(40)41)36-27(39)17-20-6-9-23(42-2)10-7-20)34-19-35-30(24)38-15-12-21(13-16-38)25-11-8-22-5-4-14-32-28(22)37-25/h6-11,19,21,26H,3-5,12-18H2,1-2H3,(H,32,37)(H,36,39)(H,40,41)(H,33,34,35)/t26-/m0/s1. The Bertz CT molecular complexity index is 1390. The van der Waals surface area contributed by atoms with Crippen LogP contribution in [0.5, 0.6) is 5.75 Å². The molecular formula is C31H39N7O4. The van der Waals surface area contributed by atoms with Crippen LogP contribution in [0.3, 0.4) is 0 Å². The predicted octanol–water partition coefficient (Wildman–Crippen LogP) is 3.41. The minimum Gasteiger partial charge on any atom is -0.497 e. The molecule has 0 saturated carbocycles. The number of piperidine rings is 1. The van der Waals surface area contributed by atoms with Gasteiger partial charge in [0.25, 0.3) is 0 Å². The highest BCUT2D eigenvalue weighted by molar-refractivity contribution is 5.85. The smallest absolute Gasteiger partial charge is 0.328 e. The Balaban J connectivity index is 1.19. The lowest BCUT2D eigenvalue weighted by molar-refractivity contribution is -0.141. The zero-order valence-corrected chi connectivity index (χ0v) is 24.2. The number of ether oxygens (including phenoxy) is 1. The van der Waals surface area contributed by atoms with Crippen molar-refractivity contribution < 1.29 is 19.4 Å². The maximum absolute atomic E-state index is 12.6. The van der Waals surface area contributed by atoms with Crippen LogP contribution in [0.2, 0.25) is 0 Å². The van der Waals surface area contributed by atoms with Gasteiger partial charge in [-0.05, 0) is 61.4 Å². The molecule has 2 aliphatic heterocycles. The number of anilines is 3. The second-order valence-corrected chi connectivity index (χ2v) is 10.8. The number of fused-ring (bicyclic) bond motifs is 1. The molecule has 5 rings (SSSR count). The van der Waals surface area contributed by atoms with Gasteiger partial charge in [0.05, 0.1) is 13.5 Å². The molecule has 11 nitrogen and oxygen atoms in total. The zero-order chi connectivity index (χ0) is 29.5. The van der Waals surface area contributed by atoms with Gasteiger partial charge in [0.1, 0.15) is 35.6 Å². The molecule has 0 bridgehead atoms. The summed E-state index contributed by atoms with van der Waals surface area (Å²) in [7, 11) is 1.57. The number of carboxylic acids is 1. The Kier molecular flexibility index (Phi) is 9.35. The number of amides is 1. The van der Waals surface area contributed by atoms with E-state index in [0.29, 0.717) is 23.9 Å². The minimum atomic E-state index is -1.12. The largest absolute Gasteiger partial charge is 0.497 e. The van der Waals surface area contributed by atoms with Crippen LogP contribution in [0.4, 0.5) is 17.5 Å². The fourth-order valence-electron chi connectivity index (χ4n) is 5.68. The van der Waals surface area contributed by atoms with E-state index in [4.69, 9.17) is 9.72 Å². The van der Waals surface area contributed by atoms with Crippen molar-refractivity contribution in [3.63, 3.8) is 0 Å². The fourth-order valence-corrected chi connectivity index (χ4v) is 5.68. The van der Waals surface area contributed by atoms with Gasteiger partial charge in [-0.2, -0.15) is 0 Å². The lowest BCUT2D eigenvalue weighted by atomic mass is 9.92. The first-order valence-electron chi connectivity index (χ1n) is 14.7. The third-order valence-electron chi connectivity index (χ3n) is 8.04. The molecule has 4 heterocycles. The summed E-state index contributed by atoms with van der Waals surface area (Å²) < 4.78 is 5.15. The van der Waals surface area contributed by atoms with E-state index in [-0.39, 0.29) is 18.9 Å². The lowest BCUT2D eigenvalue weighted by Gasteiger charge is -2.34. The molecule has 2 aromatic heterocycles. The summed E-state index contributed by atoms with van der Waals surface area (Å²) >= 11 is 0. The van der Waals surface area contributed by atoms with E-state index < -0.39 is 12.0 Å². The van der Waals surface area contributed by atoms with Gasteiger partial charge < -0.3 is 30.7 Å². The molecule has 0 radical (unpaired) electrons. The quantitative estimate of drug-likeness (QED) is 0.270. The van der Waals surface area contributed by atoms with Gasteiger partial charge >= 0.3 is 5.97 Å². The van der Waals surface area contributed by atoms with Gasteiger partial charge in [-0.1, -0.05) is 25.1 Å². The normalized spacial score (nSPS) is 15.7. The number of nitrogens with zero attached hydrogens (tertiary/aromatic N) is 4. The number of nitrogens with one attached hydrogen (secondary N) is 3. The summed E-state index contributed by atoms with van der Waals surface area (Å²) in [6.45, 7) is 4.71. The molecule has 0 unspecified atom stereocenters. The summed E-state index contributed by atoms with van der Waals surface area (Å²) in [6.07, 6.45) is 6.44. The number of carboxylic acid groups (broad SMARTS) is 1. The molecule has 1 fully saturated rings. The number of hydrogen-bond donors (Lipinski definition) is 4. The number of rotatable bonds is 11. The van der Waals surface area contributed by atoms with Crippen LogP contribution in [-0.2, 0) is 28.9 Å². The Morgan fingerprint density at radius 3 is 2.64 bits per heavy atom. The van der Waals surface area contributed by atoms with Crippen LogP contribution in [0, 0.1) is 0 Å². The SMILES string of the molecule is CCc1c(NC[C@H](NC(=O)Cc2ccc(OC)cc2)C(=O)O)ncnc1N1CCC(c2ccc3c(n2)NCCC3)CC1. The zero-order valence-electron chi connectivity index (χ0n) is 24.2. The molecule has 4 N–H and O–H groups in total. The molecule has 1 amide bonds. The molecule has 1 saturated heterocycles. The monoisotopic (exact) mass is 573 g/mol. The number of aromatic nitrogens is 3. The molecule has 2 aliphatic rings. The molecular weight excluding hydrogens is 534 g/mol. The molecule has 42 heavy (non-hydrogen) atoms. The third-order valence-corrected chi connectivity index (χ3v) is 8.04. The van der Waals surface area contributed by atoms with Crippen LogP contribution in [0.25, 0.3) is 0 Å². The summed E-state index contributed by atoms with van der Waals surface area (Å²) in [6, 6.07) is 10.4. The summed E-state index contributed by atoms with van der Waals surface area (Å²) in [5, 5.41) is 19.0. The average molecular weight is 574 g/mol. The van der Waals surface area contributed by atoms with E-state index in [2.05, 4.69) is 43.0 Å². The van der Waals surface area contributed by atoms with E-state index >= 15 is 0 Å². The first-order valence-corrected chi connectivity index (χ1v) is 14.7. The summed E-state index contributed by atoms with van der Waals surface area (Å²) in [5.74, 6) is 2.09. The van der Waals surface area contributed by atoms with Crippen molar-refractivity contribution >= 4 is 29.3 Å². The van der Waals surface area contributed by atoms with Crippen molar-refractivity contribution in [3.8, 4) is 5.75 Å². The van der Waals surface area contributed by atoms with Crippen molar-refractivity contribution in [2.24, 2.45) is 0 Å². The van der Waals surface area contributed by atoms with Gasteiger partial charge in [-0.25, -0.2) is 19.7 Å². The molecule has 222 valence electrons. The second kappa shape index (κ2) is 13.5. The highest BCUT2D eigenvalue weighted by Gasteiger charge is 2.26. The predicted molar refractivity (Wildman–Crippen MR) is 161 cm³/mol. The van der Waals surface area contributed by atoms with Gasteiger partial charge in [0.15, 0.2) is 0 Å². The van der Waals surface area contributed by atoms with Crippen molar-refractivity contribution in [1.82, 2.24) is 20.3 Å². The van der Waals surface area contributed by atoms with Crippen molar-refractivity contribution in [2.45, 2.75) is 57.4 Å². The van der Waals surface area contributed by atoms with E-state index in [0.717, 1.165) is 73.8 Å². The van der Waals surface area contributed by atoms with E-state index in [1.54, 1.807) is 31.4 Å². The van der Waals surface area contributed by atoms with Crippen LogP contribution < -0.4 is 25.6 Å². The maximum atomic E-state index is 12.6. The molecule has 1 atom stereocenters. The van der Waals surface area contributed by atoms with E-state index in [1.807, 2.05) is 6.92 Å². The highest BCUT2D eigenvalue weighted by atomic mass is 16.5. The third kappa shape index (κ3) is 6.89. The van der Waals surface area contributed by atoms with Crippen LogP contribution in [0.15, 0.2) is 42.7 Å². The Morgan fingerprint density at radius 2 is 1.93 bits per heavy atom. The molecule has 0 spiro atoms. The fraction of sp³-hybridized carbons (Fsp3) is 0.452. The van der Waals surface area contributed by atoms with Gasteiger partial charge in [0.2, 0.25) is 5.91 Å². The Labute approximate surface area is 246 Å². The van der Waals surface area contributed by atoms with Crippen LogP contribution in [0.1, 0.15) is 54.5 Å². The van der Waals surface area contributed by atoms with Crippen LogP contribution in [-0.4, -0.2) is 71.3 Å². The number of aryl methyl sites for hydroxylation is 1. The number of aliphatic carboxylic acids is 1. The summed E-state index contributed by atoms with van der Waals surface area (Å²) in [4.78, 5) is 40.8. The number of pyridine rings is 1. The first-order chi connectivity index (χ1) is 20.4. The van der Waals surface area contributed by atoms with Crippen molar-refractivity contribution in [3.05, 3.63) is 65.1 Å². The molecule has 1 aromatic carbocycles. The number of methoxy groups -OCH3 is 1. The molecule has 11 heteroatoms. The Morgan fingerprint density at radius 1 is 1.14 bits per heavy atom. The van der Waals surface area contributed by atoms with E-state index in [1.165, 1.54) is 11.9 Å². The topological polar surface area (TPSA) is 142 Å². The number of carbonyl (C=O) groups excluding carboxylic acids is 1. The van der Waals surface area contributed by atoms with Gasteiger partial charge in [-0.15, -0.1) is 0 Å². The number of benzene rings is 1. The van der Waals surface area contributed by atoms with Crippen LogP contribution >= 0.6 is 0 Å². The van der Waals surface area contributed by atoms with Crippen molar-refractivity contribution in [1.29, 1.82) is 0 Å². The minimum absolute atomic E-state index is 0.00670. The van der Waals surface area contributed by atoms with Gasteiger partial charge in [0, 0.05) is 43.4 Å². The van der Waals surface area contributed by atoms with Gasteiger partial charge in [-0.3, -0.25) is 4.79 Å². The lowest BCUT2D eigenvalue weighted by Crippen LogP contribution is -2.46. The molecule has 0 aliphatic carbocycles.